The first-order valence-electron chi connectivity index (χ1n) is 6.48. The van der Waals surface area contributed by atoms with Gasteiger partial charge < -0.3 is 11.1 Å². The number of benzene rings is 1. The van der Waals surface area contributed by atoms with Gasteiger partial charge in [-0.25, -0.2) is 17.7 Å². The molecule has 0 bridgehead atoms. The standard InChI is InChI=1S/C13H20N4O2S/c1-17(2)20(18,19)12-6-4-3-5-10(12)9-15-13(14)16-11-7-8-11/h3-6,11H,7-9H2,1-2H3,(H3,14,15,16). The first-order chi connectivity index (χ1) is 9.41. The average molecular weight is 296 g/mol. The van der Waals surface area contributed by atoms with Crippen molar-refractivity contribution in [1.29, 1.82) is 0 Å². The van der Waals surface area contributed by atoms with E-state index in [0.29, 0.717) is 17.6 Å². The Morgan fingerprint density at radius 1 is 1.40 bits per heavy atom. The number of nitrogens with one attached hydrogen (secondary N) is 1. The lowest BCUT2D eigenvalue weighted by molar-refractivity contribution is 0.519. The molecule has 1 saturated carbocycles. The van der Waals surface area contributed by atoms with E-state index in [-0.39, 0.29) is 11.4 Å². The quantitative estimate of drug-likeness (QED) is 0.612. The molecule has 7 heteroatoms. The van der Waals surface area contributed by atoms with E-state index in [2.05, 4.69) is 10.3 Å². The van der Waals surface area contributed by atoms with Crippen LogP contribution in [-0.2, 0) is 16.6 Å². The van der Waals surface area contributed by atoms with Crippen LogP contribution in [0.15, 0.2) is 34.2 Å². The number of aliphatic imine (C=N–C) groups is 1. The zero-order chi connectivity index (χ0) is 14.8. The van der Waals surface area contributed by atoms with Gasteiger partial charge in [0.2, 0.25) is 10.0 Å². The average Bonchev–Trinajstić information content (AvgIpc) is 3.20. The van der Waals surface area contributed by atoms with Gasteiger partial charge in [0.1, 0.15) is 0 Å². The molecule has 0 unspecified atom stereocenters. The molecule has 0 radical (unpaired) electrons. The molecule has 6 nitrogen and oxygen atoms in total. The Morgan fingerprint density at radius 3 is 2.65 bits per heavy atom. The maximum absolute atomic E-state index is 12.2. The van der Waals surface area contributed by atoms with Crippen LogP contribution in [0.3, 0.4) is 0 Å². The highest BCUT2D eigenvalue weighted by molar-refractivity contribution is 7.89. The summed E-state index contributed by atoms with van der Waals surface area (Å²) in [7, 11) is -0.439. The van der Waals surface area contributed by atoms with Crippen LogP contribution >= 0.6 is 0 Å². The van der Waals surface area contributed by atoms with Crippen LogP contribution in [0.5, 0.6) is 0 Å². The molecule has 1 aliphatic carbocycles. The molecular weight excluding hydrogens is 276 g/mol. The lowest BCUT2D eigenvalue weighted by atomic mass is 10.2. The first-order valence-corrected chi connectivity index (χ1v) is 7.92. The summed E-state index contributed by atoms with van der Waals surface area (Å²) in [4.78, 5) is 4.48. The van der Waals surface area contributed by atoms with Crippen molar-refractivity contribution in [3.63, 3.8) is 0 Å². The molecule has 1 aromatic rings. The van der Waals surface area contributed by atoms with Crippen molar-refractivity contribution < 1.29 is 8.42 Å². The van der Waals surface area contributed by atoms with Gasteiger partial charge in [0, 0.05) is 20.1 Å². The molecule has 3 N–H and O–H groups in total. The summed E-state index contributed by atoms with van der Waals surface area (Å²) in [6.07, 6.45) is 2.23. The van der Waals surface area contributed by atoms with Gasteiger partial charge in [0.15, 0.2) is 5.96 Å². The SMILES string of the molecule is CN(C)S(=O)(=O)c1ccccc1CN=C(N)NC1CC1. The van der Waals surface area contributed by atoms with Gasteiger partial charge in [-0.1, -0.05) is 18.2 Å². The van der Waals surface area contributed by atoms with Gasteiger partial charge in [-0.05, 0) is 24.5 Å². The van der Waals surface area contributed by atoms with Gasteiger partial charge in [0.05, 0.1) is 11.4 Å². The van der Waals surface area contributed by atoms with Crippen molar-refractivity contribution in [2.45, 2.75) is 30.3 Å². The molecule has 0 heterocycles. The highest BCUT2D eigenvalue weighted by atomic mass is 32.2. The van der Waals surface area contributed by atoms with E-state index in [1.54, 1.807) is 24.3 Å². The highest BCUT2D eigenvalue weighted by Crippen LogP contribution is 2.20. The fourth-order valence-corrected chi connectivity index (χ4v) is 2.84. The largest absolute Gasteiger partial charge is 0.370 e. The predicted octanol–water partition coefficient (Wildman–Crippen LogP) is 0.504. The summed E-state index contributed by atoms with van der Waals surface area (Å²) in [6.45, 7) is 0.245. The molecule has 0 aliphatic heterocycles. The Kier molecular flexibility index (Phi) is 4.29. The monoisotopic (exact) mass is 296 g/mol. The fourth-order valence-electron chi connectivity index (χ4n) is 1.74. The summed E-state index contributed by atoms with van der Waals surface area (Å²) >= 11 is 0. The van der Waals surface area contributed by atoms with Crippen molar-refractivity contribution >= 4 is 16.0 Å². The van der Waals surface area contributed by atoms with Crippen LogP contribution in [-0.4, -0.2) is 38.8 Å². The van der Waals surface area contributed by atoms with Crippen molar-refractivity contribution in [2.75, 3.05) is 14.1 Å². The van der Waals surface area contributed by atoms with Gasteiger partial charge >= 0.3 is 0 Å². The van der Waals surface area contributed by atoms with Crippen molar-refractivity contribution in [1.82, 2.24) is 9.62 Å². The number of guanidine groups is 1. The summed E-state index contributed by atoms with van der Waals surface area (Å²) in [5, 5.41) is 3.07. The Hall–Kier alpha value is -1.60. The van der Waals surface area contributed by atoms with Crippen LogP contribution in [0.4, 0.5) is 0 Å². The van der Waals surface area contributed by atoms with E-state index in [1.165, 1.54) is 18.4 Å². The third kappa shape index (κ3) is 3.49. The normalized spacial score (nSPS) is 16.4. The Balaban J connectivity index is 2.19. The van der Waals surface area contributed by atoms with E-state index < -0.39 is 10.0 Å². The van der Waals surface area contributed by atoms with E-state index in [0.717, 1.165) is 12.8 Å². The van der Waals surface area contributed by atoms with Gasteiger partial charge in [-0.3, -0.25) is 0 Å². The molecule has 1 aliphatic rings. The Labute approximate surface area is 119 Å². The topological polar surface area (TPSA) is 87.8 Å². The van der Waals surface area contributed by atoms with E-state index in [1.807, 2.05) is 0 Å². The van der Waals surface area contributed by atoms with Crippen molar-refractivity contribution in [3.05, 3.63) is 29.8 Å². The number of rotatable bonds is 5. The Morgan fingerprint density at radius 2 is 2.05 bits per heavy atom. The third-order valence-corrected chi connectivity index (χ3v) is 5.00. The molecule has 0 spiro atoms. The number of nitrogens with two attached hydrogens (primary N) is 1. The van der Waals surface area contributed by atoms with Crippen LogP contribution < -0.4 is 11.1 Å². The van der Waals surface area contributed by atoms with E-state index in [4.69, 9.17) is 5.73 Å². The van der Waals surface area contributed by atoms with Crippen molar-refractivity contribution in [3.8, 4) is 0 Å². The predicted molar refractivity (Wildman–Crippen MR) is 78.8 cm³/mol. The first kappa shape index (κ1) is 14.8. The highest BCUT2D eigenvalue weighted by Gasteiger charge is 2.22. The molecule has 1 fully saturated rings. The maximum Gasteiger partial charge on any atom is 0.242 e. The molecule has 110 valence electrons. The van der Waals surface area contributed by atoms with E-state index in [9.17, 15) is 8.42 Å². The Bertz CT molecular complexity index is 607. The van der Waals surface area contributed by atoms with Gasteiger partial charge in [-0.15, -0.1) is 0 Å². The van der Waals surface area contributed by atoms with Crippen LogP contribution in [0.25, 0.3) is 0 Å². The van der Waals surface area contributed by atoms with Crippen molar-refractivity contribution in [2.24, 2.45) is 10.7 Å². The third-order valence-electron chi connectivity index (χ3n) is 3.08. The number of nitrogens with zero attached hydrogens (tertiary/aromatic N) is 2. The summed E-state index contributed by atoms with van der Waals surface area (Å²) in [5.41, 5.74) is 6.40. The minimum absolute atomic E-state index is 0.245. The summed E-state index contributed by atoms with van der Waals surface area (Å²) in [6, 6.07) is 7.27. The number of hydrogen-bond donors (Lipinski definition) is 2. The van der Waals surface area contributed by atoms with Crippen LogP contribution in [0, 0.1) is 0 Å². The number of hydrogen-bond acceptors (Lipinski definition) is 3. The van der Waals surface area contributed by atoms with E-state index >= 15 is 0 Å². The number of sulfonamides is 1. The molecule has 0 amide bonds. The molecule has 2 rings (SSSR count). The molecule has 0 atom stereocenters. The van der Waals surface area contributed by atoms with Gasteiger partial charge in [0.25, 0.3) is 0 Å². The van der Waals surface area contributed by atoms with Gasteiger partial charge in [-0.2, -0.15) is 0 Å². The smallest absolute Gasteiger partial charge is 0.242 e. The summed E-state index contributed by atoms with van der Waals surface area (Å²) < 4.78 is 25.6. The second-order valence-electron chi connectivity index (χ2n) is 5.02. The lowest BCUT2D eigenvalue weighted by Crippen LogP contribution is -2.33. The fraction of sp³-hybridized carbons (Fsp3) is 0.462. The minimum Gasteiger partial charge on any atom is -0.370 e. The zero-order valence-corrected chi connectivity index (χ0v) is 12.5. The molecule has 0 aromatic heterocycles. The minimum atomic E-state index is -3.46. The molecule has 20 heavy (non-hydrogen) atoms. The lowest BCUT2D eigenvalue weighted by Gasteiger charge is -2.14. The molecular formula is C13H20N4O2S. The molecule has 1 aromatic carbocycles. The molecule has 0 saturated heterocycles. The zero-order valence-electron chi connectivity index (χ0n) is 11.7. The summed E-state index contributed by atoms with van der Waals surface area (Å²) in [5.74, 6) is 0.365. The maximum atomic E-state index is 12.2. The van der Waals surface area contributed by atoms with Crippen LogP contribution in [0.1, 0.15) is 18.4 Å². The van der Waals surface area contributed by atoms with Crippen LogP contribution in [0.2, 0.25) is 0 Å². The second kappa shape index (κ2) is 5.80. The second-order valence-corrected chi connectivity index (χ2v) is 7.14.